The van der Waals surface area contributed by atoms with Crippen LogP contribution in [0.25, 0.3) is 0 Å². The molecule has 1 saturated heterocycles. The number of carbonyl (C=O) groups is 1. The number of aliphatic hydroxyl groups excluding tert-OH is 1. The summed E-state index contributed by atoms with van der Waals surface area (Å²) in [5.41, 5.74) is 2.37. The molecule has 1 aromatic rings. The highest BCUT2D eigenvalue weighted by molar-refractivity contribution is 5.76. The van der Waals surface area contributed by atoms with Crippen LogP contribution in [0, 0.1) is 5.92 Å². The molecule has 0 aromatic heterocycles. The van der Waals surface area contributed by atoms with Crippen LogP contribution in [0.5, 0.6) is 0 Å². The first-order chi connectivity index (χ1) is 11.1. The second-order valence-corrected chi connectivity index (χ2v) is 6.45. The highest BCUT2D eigenvalue weighted by Crippen LogP contribution is 2.13. The molecule has 0 aliphatic carbocycles. The first-order valence-electron chi connectivity index (χ1n) is 8.38. The van der Waals surface area contributed by atoms with Gasteiger partial charge in [-0.05, 0) is 17.0 Å². The van der Waals surface area contributed by atoms with Gasteiger partial charge in [-0.25, -0.2) is 0 Å². The summed E-state index contributed by atoms with van der Waals surface area (Å²) < 4.78 is 5.38. The van der Waals surface area contributed by atoms with Gasteiger partial charge in [0, 0.05) is 26.2 Å². The van der Waals surface area contributed by atoms with Crippen LogP contribution >= 0.6 is 0 Å². The number of nitrogens with one attached hydrogen (secondary N) is 1. The molecule has 5 heteroatoms. The molecule has 1 heterocycles. The van der Waals surface area contributed by atoms with Gasteiger partial charge < -0.3 is 15.2 Å². The van der Waals surface area contributed by atoms with Crippen molar-refractivity contribution in [2.24, 2.45) is 5.92 Å². The molecule has 1 amide bonds. The van der Waals surface area contributed by atoms with Crippen LogP contribution in [0.1, 0.15) is 31.4 Å². The van der Waals surface area contributed by atoms with E-state index in [4.69, 9.17) is 4.74 Å². The Bertz CT molecular complexity index is 499. The van der Waals surface area contributed by atoms with E-state index < -0.39 is 6.10 Å². The van der Waals surface area contributed by atoms with Gasteiger partial charge in [0.2, 0.25) is 5.91 Å². The normalized spacial score (nSPS) is 17.2. The van der Waals surface area contributed by atoms with E-state index in [2.05, 4.69) is 22.3 Å². The summed E-state index contributed by atoms with van der Waals surface area (Å²) in [4.78, 5) is 14.3. The van der Waals surface area contributed by atoms with Gasteiger partial charge in [0.25, 0.3) is 0 Å². The lowest BCUT2D eigenvalue weighted by Gasteiger charge is -2.27. The van der Waals surface area contributed by atoms with Crippen LogP contribution in [-0.4, -0.2) is 48.3 Å². The van der Waals surface area contributed by atoms with Crippen LogP contribution in [0.2, 0.25) is 0 Å². The molecule has 1 aromatic carbocycles. The molecule has 0 saturated carbocycles. The molecule has 0 spiro atoms. The number of nitrogens with zero attached hydrogens (tertiary/aromatic N) is 1. The lowest BCUT2D eigenvalue weighted by Crippen LogP contribution is -2.36. The fourth-order valence-electron chi connectivity index (χ4n) is 2.58. The Morgan fingerprint density at radius 1 is 1.26 bits per heavy atom. The van der Waals surface area contributed by atoms with Crippen molar-refractivity contribution in [2.45, 2.75) is 39.5 Å². The molecule has 1 atom stereocenters. The fraction of sp³-hybridized carbons (Fsp3) is 0.611. The average Bonchev–Trinajstić information content (AvgIpc) is 2.55. The molecule has 128 valence electrons. The topological polar surface area (TPSA) is 61.8 Å². The quantitative estimate of drug-likeness (QED) is 0.800. The summed E-state index contributed by atoms with van der Waals surface area (Å²) in [6, 6.07) is 8.19. The zero-order valence-corrected chi connectivity index (χ0v) is 14.1. The van der Waals surface area contributed by atoms with E-state index in [9.17, 15) is 9.90 Å². The van der Waals surface area contributed by atoms with Gasteiger partial charge in [-0.15, -0.1) is 0 Å². The molecule has 5 nitrogen and oxygen atoms in total. The smallest absolute Gasteiger partial charge is 0.222 e. The maximum atomic E-state index is 11.9. The van der Waals surface area contributed by atoms with Gasteiger partial charge >= 0.3 is 0 Å². The van der Waals surface area contributed by atoms with Gasteiger partial charge in [0.15, 0.2) is 0 Å². The number of amides is 1. The molecule has 23 heavy (non-hydrogen) atoms. The lowest BCUT2D eigenvalue weighted by molar-refractivity contribution is -0.123. The molecule has 1 aliphatic rings. The van der Waals surface area contributed by atoms with E-state index in [0.29, 0.717) is 6.54 Å². The highest BCUT2D eigenvalue weighted by Gasteiger charge is 2.15. The fourth-order valence-corrected chi connectivity index (χ4v) is 2.58. The molecule has 1 unspecified atom stereocenters. The van der Waals surface area contributed by atoms with E-state index in [0.717, 1.165) is 38.4 Å². The van der Waals surface area contributed by atoms with Crippen LogP contribution in [-0.2, 0) is 22.6 Å². The van der Waals surface area contributed by atoms with Gasteiger partial charge in [0.05, 0.1) is 25.7 Å². The molecule has 1 fully saturated rings. The van der Waals surface area contributed by atoms with E-state index in [1.165, 1.54) is 5.56 Å². The number of hydrogen-bond acceptors (Lipinski definition) is 4. The number of hydrogen-bond donors (Lipinski definition) is 2. The Balaban J connectivity index is 1.88. The van der Waals surface area contributed by atoms with E-state index >= 15 is 0 Å². The van der Waals surface area contributed by atoms with Crippen molar-refractivity contribution in [2.75, 3.05) is 26.3 Å². The van der Waals surface area contributed by atoms with Gasteiger partial charge in [-0.1, -0.05) is 38.1 Å². The van der Waals surface area contributed by atoms with Crippen LogP contribution in [0.15, 0.2) is 24.3 Å². The van der Waals surface area contributed by atoms with Gasteiger partial charge in [0.1, 0.15) is 0 Å². The summed E-state index contributed by atoms with van der Waals surface area (Å²) >= 11 is 0. The number of rotatable bonds is 7. The third-order valence-electron chi connectivity index (χ3n) is 4.26. The zero-order valence-electron chi connectivity index (χ0n) is 14.1. The number of benzene rings is 1. The minimum absolute atomic E-state index is 0.0920. The maximum absolute atomic E-state index is 11.9. The largest absolute Gasteiger partial charge is 0.392 e. The van der Waals surface area contributed by atoms with Crippen molar-refractivity contribution in [3.8, 4) is 0 Å². The van der Waals surface area contributed by atoms with Crippen molar-refractivity contribution in [3.63, 3.8) is 0 Å². The number of ether oxygens (including phenoxy) is 1. The van der Waals surface area contributed by atoms with Gasteiger partial charge in [-0.2, -0.15) is 0 Å². The molecule has 0 bridgehead atoms. The summed E-state index contributed by atoms with van der Waals surface area (Å²) in [5.74, 6) is -0.0123. The molecule has 1 aliphatic heterocycles. The standard InChI is InChI=1S/C18H28N2O3/c1-14(2)17(21)11-18(22)19-12-15-5-3-4-6-16(15)13-20-7-9-23-10-8-20/h3-6,14,17,21H,7-13H2,1-2H3,(H,19,22). The minimum Gasteiger partial charge on any atom is -0.392 e. The number of carbonyl (C=O) groups excluding carboxylic acids is 1. The van der Waals surface area contributed by atoms with Crippen molar-refractivity contribution in [1.29, 1.82) is 0 Å². The predicted molar refractivity (Wildman–Crippen MR) is 89.8 cm³/mol. The second-order valence-electron chi connectivity index (χ2n) is 6.45. The third kappa shape index (κ3) is 5.94. The van der Waals surface area contributed by atoms with Crippen molar-refractivity contribution < 1.29 is 14.6 Å². The average molecular weight is 320 g/mol. The molecule has 2 rings (SSSR count). The Labute approximate surface area is 138 Å². The van der Waals surface area contributed by atoms with Gasteiger partial charge in [-0.3, -0.25) is 9.69 Å². The molecule has 0 radical (unpaired) electrons. The first-order valence-corrected chi connectivity index (χ1v) is 8.38. The number of aliphatic hydroxyl groups is 1. The van der Waals surface area contributed by atoms with E-state index in [-0.39, 0.29) is 18.2 Å². The summed E-state index contributed by atoms with van der Waals surface area (Å²) in [5, 5.41) is 12.7. The molecular weight excluding hydrogens is 292 g/mol. The summed E-state index contributed by atoms with van der Waals surface area (Å²) in [7, 11) is 0. The first kappa shape index (κ1) is 17.9. The minimum atomic E-state index is -0.585. The molecular formula is C18H28N2O3. The summed E-state index contributed by atoms with van der Waals surface area (Å²) in [6.45, 7) is 8.67. The van der Waals surface area contributed by atoms with E-state index in [1.54, 1.807) is 0 Å². The van der Waals surface area contributed by atoms with Crippen molar-refractivity contribution in [3.05, 3.63) is 35.4 Å². The Morgan fingerprint density at radius 2 is 1.91 bits per heavy atom. The summed E-state index contributed by atoms with van der Waals surface area (Å²) in [6.07, 6.45) is -0.429. The van der Waals surface area contributed by atoms with E-state index in [1.807, 2.05) is 26.0 Å². The third-order valence-corrected chi connectivity index (χ3v) is 4.26. The molecule has 2 N–H and O–H groups in total. The predicted octanol–water partition coefficient (Wildman–Crippen LogP) is 1.54. The van der Waals surface area contributed by atoms with Crippen molar-refractivity contribution in [1.82, 2.24) is 10.2 Å². The van der Waals surface area contributed by atoms with Crippen LogP contribution < -0.4 is 5.32 Å². The second kappa shape index (κ2) is 9.01. The monoisotopic (exact) mass is 320 g/mol. The Hall–Kier alpha value is -1.43. The Morgan fingerprint density at radius 3 is 2.57 bits per heavy atom. The number of morpholine rings is 1. The van der Waals surface area contributed by atoms with Crippen molar-refractivity contribution >= 4 is 5.91 Å². The van der Waals surface area contributed by atoms with Crippen LogP contribution in [0.4, 0.5) is 0 Å². The highest BCUT2D eigenvalue weighted by atomic mass is 16.5. The maximum Gasteiger partial charge on any atom is 0.222 e. The zero-order chi connectivity index (χ0) is 16.7. The SMILES string of the molecule is CC(C)C(O)CC(=O)NCc1ccccc1CN1CCOCC1. The van der Waals surface area contributed by atoms with Crippen LogP contribution in [0.3, 0.4) is 0 Å². The Kier molecular flexibility index (Phi) is 7.02. The lowest BCUT2D eigenvalue weighted by atomic mass is 10.0.